The van der Waals surface area contributed by atoms with Crippen molar-refractivity contribution < 1.29 is 32.2 Å². The van der Waals surface area contributed by atoms with Crippen LogP contribution in [0.3, 0.4) is 0 Å². The van der Waals surface area contributed by atoms with Crippen LogP contribution >= 0.6 is 0 Å². The highest BCUT2D eigenvalue weighted by Crippen LogP contribution is 2.34. The lowest BCUT2D eigenvalue weighted by Gasteiger charge is -2.31. The Balaban J connectivity index is 1.78. The Hall–Kier alpha value is -3.47. The van der Waals surface area contributed by atoms with E-state index in [-0.39, 0.29) is 43.8 Å². The van der Waals surface area contributed by atoms with Gasteiger partial charge in [-0.2, -0.15) is 0 Å². The van der Waals surface area contributed by atoms with Gasteiger partial charge < -0.3 is 24.4 Å². The number of sulfonamides is 1. The highest BCUT2D eigenvalue weighted by Gasteiger charge is 2.29. The fourth-order valence-corrected chi connectivity index (χ4v) is 5.42. The van der Waals surface area contributed by atoms with Gasteiger partial charge in [-0.25, -0.2) is 8.42 Å². The fourth-order valence-electron chi connectivity index (χ4n) is 4.46. The molecule has 1 atom stereocenters. The first-order valence-electron chi connectivity index (χ1n) is 13.1. The molecule has 10 nitrogen and oxygen atoms in total. The maximum atomic E-state index is 13.6. The van der Waals surface area contributed by atoms with Gasteiger partial charge in [0.25, 0.3) is 0 Å². The highest BCUT2D eigenvalue weighted by molar-refractivity contribution is 7.92. The maximum absolute atomic E-state index is 13.6. The Morgan fingerprint density at radius 1 is 1.08 bits per heavy atom. The van der Waals surface area contributed by atoms with E-state index in [1.165, 1.54) is 4.31 Å². The van der Waals surface area contributed by atoms with E-state index in [2.05, 4.69) is 5.32 Å². The summed E-state index contributed by atoms with van der Waals surface area (Å²) in [6, 6.07) is 11.6. The van der Waals surface area contributed by atoms with Crippen molar-refractivity contribution in [1.29, 1.82) is 0 Å². The van der Waals surface area contributed by atoms with Crippen LogP contribution in [0.1, 0.15) is 45.6 Å². The molecule has 1 N–H and O–H groups in total. The first kappa shape index (κ1) is 30.1. The zero-order valence-electron chi connectivity index (χ0n) is 23.3. The summed E-state index contributed by atoms with van der Waals surface area (Å²) in [5.41, 5.74) is 1.26. The van der Waals surface area contributed by atoms with Crippen molar-refractivity contribution in [3.8, 4) is 17.2 Å². The van der Waals surface area contributed by atoms with Gasteiger partial charge in [0.2, 0.25) is 21.8 Å². The SMILES string of the molecule is CC[C@H](C(=O)NC(C)C)N(Cc1cccc(OC)c1)C(=O)CCCN(c1ccc2c(c1)OCCO2)S(C)(=O)=O. The Bertz CT molecular complexity index is 1250. The number of nitrogens with one attached hydrogen (secondary N) is 1. The highest BCUT2D eigenvalue weighted by atomic mass is 32.2. The van der Waals surface area contributed by atoms with E-state index in [1.807, 2.05) is 45.0 Å². The minimum Gasteiger partial charge on any atom is -0.497 e. The molecule has 39 heavy (non-hydrogen) atoms. The molecule has 1 aliphatic heterocycles. The molecule has 2 aromatic carbocycles. The van der Waals surface area contributed by atoms with Crippen molar-refractivity contribution in [2.24, 2.45) is 0 Å². The molecule has 0 bridgehead atoms. The average Bonchev–Trinajstić information content (AvgIpc) is 2.89. The molecule has 11 heteroatoms. The molecule has 1 heterocycles. The van der Waals surface area contributed by atoms with Crippen molar-refractivity contribution in [2.45, 2.75) is 58.7 Å². The number of hydrogen-bond donors (Lipinski definition) is 1. The van der Waals surface area contributed by atoms with Crippen LogP contribution in [-0.4, -0.2) is 70.3 Å². The summed E-state index contributed by atoms with van der Waals surface area (Å²) in [6.07, 6.45) is 1.88. The van der Waals surface area contributed by atoms with E-state index < -0.39 is 16.1 Å². The van der Waals surface area contributed by atoms with Gasteiger partial charge in [0.05, 0.1) is 19.1 Å². The van der Waals surface area contributed by atoms with Crippen molar-refractivity contribution in [3.05, 3.63) is 48.0 Å². The summed E-state index contributed by atoms with van der Waals surface area (Å²) in [7, 11) is -2.06. The normalized spacial score (nSPS) is 13.5. The lowest BCUT2D eigenvalue weighted by atomic mass is 10.1. The zero-order valence-corrected chi connectivity index (χ0v) is 24.1. The summed E-state index contributed by atoms with van der Waals surface area (Å²) < 4.78 is 43.0. The van der Waals surface area contributed by atoms with Crippen molar-refractivity contribution in [1.82, 2.24) is 10.2 Å². The number of nitrogens with zero attached hydrogens (tertiary/aromatic N) is 2. The van der Waals surface area contributed by atoms with Gasteiger partial charge in [-0.15, -0.1) is 0 Å². The number of anilines is 1. The van der Waals surface area contributed by atoms with Gasteiger partial charge in [0.1, 0.15) is 25.0 Å². The molecule has 0 aliphatic carbocycles. The van der Waals surface area contributed by atoms with Crippen LogP contribution in [-0.2, 0) is 26.2 Å². The number of ether oxygens (including phenoxy) is 3. The van der Waals surface area contributed by atoms with Crippen LogP contribution in [0.15, 0.2) is 42.5 Å². The van der Waals surface area contributed by atoms with E-state index in [4.69, 9.17) is 14.2 Å². The van der Waals surface area contributed by atoms with Crippen LogP contribution in [0.4, 0.5) is 5.69 Å². The smallest absolute Gasteiger partial charge is 0.243 e. The first-order chi connectivity index (χ1) is 18.5. The molecule has 0 radical (unpaired) electrons. The number of amides is 2. The van der Waals surface area contributed by atoms with Gasteiger partial charge in [-0.1, -0.05) is 19.1 Å². The third-order valence-electron chi connectivity index (χ3n) is 6.27. The topological polar surface area (TPSA) is 114 Å². The maximum Gasteiger partial charge on any atom is 0.243 e. The van der Waals surface area contributed by atoms with Crippen LogP contribution < -0.4 is 23.8 Å². The Kier molecular flexibility index (Phi) is 10.4. The lowest BCUT2D eigenvalue weighted by molar-refractivity contribution is -0.141. The second-order valence-corrected chi connectivity index (χ2v) is 11.6. The van der Waals surface area contributed by atoms with E-state index in [0.29, 0.717) is 42.6 Å². The van der Waals surface area contributed by atoms with Gasteiger partial charge in [-0.3, -0.25) is 13.9 Å². The molecule has 2 aromatic rings. The second-order valence-electron chi connectivity index (χ2n) is 9.73. The molecular formula is C28H39N3O7S. The first-order valence-corrected chi connectivity index (χ1v) is 15.0. The molecule has 0 aromatic heterocycles. The predicted molar refractivity (Wildman–Crippen MR) is 150 cm³/mol. The van der Waals surface area contributed by atoms with E-state index in [1.54, 1.807) is 30.2 Å². The third-order valence-corrected chi connectivity index (χ3v) is 7.46. The van der Waals surface area contributed by atoms with Gasteiger partial charge in [0.15, 0.2) is 11.5 Å². The molecular weight excluding hydrogens is 522 g/mol. The number of methoxy groups -OCH3 is 1. The number of rotatable bonds is 13. The monoisotopic (exact) mass is 561 g/mol. The minimum atomic E-state index is -3.63. The van der Waals surface area contributed by atoms with Gasteiger partial charge in [0, 0.05) is 31.6 Å². The number of fused-ring (bicyclic) bond motifs is 1. The van der Waals surface area contributed by atoms with Crippen LogP contribution in [0.2, 0.25) is 0 Å². The molecule has 0 spiro atoms. The van der Waals surface area contributed by atoms with E-state index in [0.717, 1.165) is 11.8 Å². The van der Waals surface area contributed by atoms with Gasteiger partial charge >= 0.3 is 0 Å². The second kappa shape index (κ2) is 13.5. The Morgan fingerprint density at radius 2 is 1.79 bits per heavy atom. The summed E-state index contributed by atoms with van der Waals surface area (Å²) in [4.78, 5) is 28.2. The molecule has 1 aliphatic rings. The predicted octanol–water partition coefficient (Wildman–Crippen LogP) is 3.34. The number of carbonyl (C=O) groups excluding carboxylic acids is 2. The fraction of sp³-hybridized carbons (Fsp3) is 0.500. The molecule has 2 amide bonds. The van der Waals surface area contributed by atoms with Crippen molar-refractivity contribution >= 4 is 27.5 Å². The van der Waals surface area contributed by atoms with E-state index in [9.17, 15) is 18.0 Å². The summed E-state index contributed by atoms with van der Waals surface area (Å²) in [5.74, 6) is 1.24. The molecule has 0 saturated carbocycles. The zero-order chi connectivity index (χ0) is 28.6. The Labute approximate surface area is 231 Å². The number of hydrogen-bond acceptors (Lipinski definition) is 7. The molecule has 0 saturated heterocycles. The molecule has 3 rings (SSSR count). The third kappa shape index (κ3) is 8.26. The molecule has 214 valence electrons. The average molecular weight is 562 g/mol. The summed E-state index contributed by atoms with van der Waals surface area (Å²) in [6.45, 7) is 6.74. The standard InChI is InChI=1S/C28H39N3O7S/c1-6-24(28(33)29-20(2)3)30(19-21-9-7-10-23(17-21)36-4)27(32)11-8-14-31(39(5,34)35)22-12-13-25-26(18-22)38-16-15-37-25/h7,9-10,12-13,17-18,20,24H,6,8,11,14-16,19H2,1-5H3,(H,29,33)/t24-/m1/s1. The van der Waals surface area contributed by atoms with E-state index >= 15 is 0 Å². The van der Waals surface area contributed by atoms with Crippen molar-refractivity contribution in [2.75, 3.05) is 37.4 Å². The van der Waals surface area contributed by atoms with Crippen LogP contribution in [0.5, 0.6) is 17.2 Å². The summed E-state index contributed by atoms with van der Waals surface area (Å²) >= 11 is 0. The summed E-state index contributed by atoms with van der Waals surface area (Å²) in [5, 5.41) is 2.91. The minimum absolute atomic E-state index is 0.0615. The largest absolute Gasteiger partial charge is 0.497 e. The Morgan fingerprint density at radius 3 is 2.44 bits per heavy atom. The number of benzene rings is 2. The van der Waals surface area contributed by atoms with Crippen LogP contribution in [0, 0.1) is 0 Å². The van der Waals surface area contributed by atoms with Crippen LogP contribution in [0.25, 0.3) is 0 Å². The lowest BCUT2D eigenvalue weighted by Crippen LogP contribution is -2.50. The molecule has 0 fully saturated rings. The van der Waals surface area contributed by atoms with Crippen molar-refractivity contribution in [3.63, 3.8) is 0 Å². The van der Waals surface area contributed by atoms with Gasteiger partial charge in [-0.05, 0) is 56.5 Å². The number of carbonyl (C=O) groups is 2. The molecule has 0 unspecified atom stereocenters. The quantitative estimate of drug-likeness (QED) is 0.399.